The first-order valence-electron chi connectivity index (χ1n) is 7.76. The molecular weight excluding hydrogens is 287 g/mol. The Balaban J connectivity index is 1.62. The summed E-state index contributed by atoms with van der Waals surface area (Å²) in [7, 11) is 0. The van der Waals surface area contributed by atoms with E-state index in [2.05, 4.69) is 5.32 Å². The lowest BCUT2D eigenvalue weighted by Crippen LogP contribution is -3.14. The van der Waals surface area contributed by atoms with Crippen LogP contribution in [0.25, 0.3) is 0 Å². The smallest absolute Gasteiger partial charge is 0.260 e. The van der Waals surface area contributed by atoms with Gasteiger partial charge in [-0.15, -0.1) is 0 Å². The number of hydrogen-bond donors (Lipinski definition) is 2. The van der Waals surface area contributed by atoms with Crippen molar-refractivity contribution in [2.45, 2.75) is 19.4 Å². The van der Waals surface area contributed by atoms with E-state index in [1.54, 1.807) is 6.92 Å². The van der Waals surface area contributed by atoms with Crippen LogP contribution >= 0.6 is 0 Å². The van der Waals surface area contributed by atoms with Gasteiger partial charge in [0.15, 0.2) is 6.10 Å². The SMILES string of the molecule is C[C@@H](Oc1ccc(F)cc1)C(=O)NCCC[NH+]1CCOCC1. The van der Waals surface area contributed by atoms with E-state index in [0.29, 0.717) is 12.3 Å². The molecule has 1 atom stereocenters. The largest absolute Gasteiger partial charge is 0.481 e. The molecule has 1 saturated heterocycles. The van der Waals surface area contributed by atoms with E-state index in [-0.39, 0.29) is 11.7 Å². The van der Waals surface area contributed by atoms with E-state index in [1.165, 1.54) is 29.2 Å². The number of quaternary nitrogens is 1. The minimum absolute atomic E-state index is 0.152. The highest BCUT2D eigenvalue weighted by Crippen LogP contribution is 2.12. The second kappa shape index (κ2) is 8.70. The van der Waals surface area contributed by atoms with Crippen molar-refractivity contribution in [3.63, 3.8) is 0 Å². The zero-order valence-corrected chi connectivity index (χ0v) is 12.9. The van der Waals surface area contributed by atoms with E-state index in [1.807, 2.05) is 0 Å². The lowest BCUT2D eigenvalue weighted by Gasteiger charge is -2.23. The molecule has 1 heterocycles. The topological polar surface area (TPSA) is 52.0 Å². The van der Waals surface area contributed by atoms with Gasteiger partial charge < -0.3 is 19.7 Å². The molecule has 5 nitrogen and oxygen atoms in total. The van der Waals surface area contributed by atoms with Crippen LogP contribution in [0, 0.1) is 5.82 Å². The molecule has 1 amide bonds. The Bertz CT molecular complexity index is 461. The summed E-state index contributed by atoms with van der Waals surface area (Å²) < 4.78 is 23.6. The predicted molar refractivity (Wildman–Crippen MR) is 80.5 cm³/mol. The van der Waals surface area contributed by atoms with Crippen LogP contribution in [0.5, 0.6) is 5.75 Å². The molecule has 1 fully saturated rings. The molecule has 1 aliphatic rings. The van der Waals surface area contributed by atoms with E-state index in [4.69, 9.17) is 9.47 Å². The van der Waals surface area contributed by atoms with E-state index in [9.17, 15) is 9.18 Å². The Hall–Kier alpha value is -1.66. The van der Waals surface area contributed by atoms with Crippen LogP contribution in [0.3, 0.4) is 0 Å². The van der Waals surface area contributed by atoms with Gasteiger partial charge in [0.25, 0.3) is 5.91 Å². The number of hydrogen-bond acceptors (Lipinski definition) is 3. The van der Waals surface area contributed by atoms with Crippen LogP contribution in [0.2, 0.25) is 0 Å². The molecular formula is C16H24FN2O3+. The number of ether oxygens (including phenoxy) is 2. The fourth-order valence-corrected chi connectivity index (χ4v) is 2.37. The van der Waals surface area contributed by atoms with Crippen LogP contribution in [-0.4, -0.2) is 51.4 Å². The number of halogens is 1. The number of carbonyl (C=O) groups excluding carboxylic acids is 1. The fraction of sp³-hybridized carbons (Fsp3) is 0.562. The average molecular weight is 311 g/mol. The summed E-state index contributed by atoms with van der Waals surface area (Å²) in [6.07, 6.45) is 0.339. The van der Waals surface area contributed by atoms with Crippen molar-refractivity contribution in [1.82, 2.24) is 5.32 Å². The van der Waals surface area contributed by atoms with Crippen LogP contribution < -0.4 is 15.0 Å². The van der Waals surface area contributed by atoms with Crippen LogP contribution in [0.1, 0.15) is 13.3 Å². The van der Waals surface area contributed by atoms with E-state index >= 15 is 0 Å². The summed E-state index contributed by atoms with van der Waals surface area (Å²) in [6, 6.07) is 5.65. The molecule has 0 radical (unpaired) electrons. The predicted octanol–water partition coefficient (Wildman–Crippen LogP) is 0.0144. The normalized spacial score (nSPS) is 17.0. The third kappa shape index (κ3) is 5.61. The second-order valence-electron chi connectivity index (χ2n) is 5.47. The van der Waals surface area contributed by atoms with Crippen molar-refractivity contribution in [2.24, 2.45) is 0 Å². The minimum Gasteiger partial charge on any atom is -0.481 e. The molecule has 1 aromatic rings. The Morgan fingerprint density at radius 3 is 2.73 bits per heavy atom. The maximum Gasteiger partial charge on any atom is 0.260 e. The van der Waals surface area contributed by atoms with Gasteiger partial charge in [0.2, 0.25) is 0 Å². The molecule has 2 N–H and O–H groups in total. The quantitative estimate of drug-likeness (QED) is 0.698. The first-order chi connectivity index (χ1) is 10.6. The van der Waals surface area contributed by atoms with Gasteiger partial charge in [0.05, 0.1) is 19.8 Å². The molecule has 0 bridgehead atoms. The maximum atomic E-state index is 12.8. The van der Waals surface area contributed by atoms with Gasteiger partial charge in [-0.05, 0) is 31.2 Å². The van der Waals surface area contributed by atoms with Crippen molar-refractivity contribution in [3.05, 3.63) is 30.1 Å². The number of nitrogens with one attached hydrogen (secondary N) is 2. The standard InChI is InChI=1S/C16H23FN2O3/c1-13(22-15-5-3-14(17)4-6-15)16(20)18-7-2-8-19-9-11-21-12-10-19/h3-6,13H,2,7-12H2,1H3,(H,18,20)/p+1/t13-/m1/s1. The fourth-order valence-electron chi connectivity index (χ4n) is 2.37. The van der Waals surface area contributed by atoms with Gasteiger partial charge in [0, 0.05) is 13.0 Å². The third-order valence-electron chi connectivity index (χ3n) is 3.70. The van der Waals surface area contributed by atoms with Crippen molar-refractivity contribution in [3.8, 4) is 5.75 Å². The summed E-state index contributed by atoms with van der Waals surface area (Å²) in [6.45, 7) is 7.09. The molecule has 0 saturated carbocycles. The molecule has 0 aromatic heterocycles. The Kier molecular flexibility index (Phi) is 6.61. The van der Waals surface area contributed by atoms with E-state index < -0.39 is 6.10 Å². The minimum atomic E-state index is -0.596. The first kappa shape index (κ1) is 16.7. The molecule has 6 heteroatoms. The van der Waals surface area contributed by atoms with Gasteiger partial charge >= 0.3 is 0 Å². The number of benzene rings is 1. The summed E-state index contributed by atoms with van der Waals surface area (Å²) >= 11 is 0. The first-order valence-corrected chi connectivity index (χ1v) is 7.76. The Morgan fingerprint density at radius 1 is 1.36 bits per heavy atom. The lowest BCUT2D eigenvalue weighted by molar-refractivity contribution is -0.908. The van der Waals surface area contributed by atoms with Crippen LogP contribution in [-0.2, 0) is 9.53 Å². The summed E-state index contributed by atoms with van der Waals surface area (Å²) in [5.41, 5.74) is 0. The number of morpholine rings is 1. The van der Waals surface area contributed by atoms with Gasteiger partial charge in [-0.3, -0.25) is 4.79 Å². The number of rotatable bonds is 7. The highest BCUT2D eigenvalue weighted by Gasteiger charge is 2.16. The highest BCUT2D eigenvalue weighted by molar-refractivity contribution is 5.80. The maximum absolute atomic E-state index is 12.8. The summed E-state index contributed by atoms with van der Waals surface area (Å²) in [4.78, 5) is 13.5. The molecule has 1 aliphatic heterocycles. The second-order valence-corrected chi connectivity index (χ2v) is 5.47. The third-order valence-corrected chi connectivity index (χ3v) is 3.70. The molecule has 122 valence electrons. The Labute approximate surface area is 130 Å². The molecule has 2 rings (SSSR count). The number of carbonyl (C=O) groups is 1. The van der Waals surface area contributed by atoms with Crippen molar-refractivity contribution < 1.29 is 23.6 Å². The Morgan fingerprint density at radius 2 is 2.05 bits per heavy atom. The molecule has 0 aliphatic carbocycles. The van der Waals surface area contributed by atoms with Crippen LogP contribution in [0.15, 0.2) is 24.3 Å². The zero-order chi connectivity index (χ0) is 15.8. The van der Waals surface area contributed by atoms with Gasteiger partial charge in [0.1, 0.15) is 24.7 Å². The molecule has 0 spiro atoms. The highest BCUT2D eigenvalue weighted by atomic mass is 19.1. The summed E-state index contributed by atoms with van der Waals surface area (Å²) in [5, 5.41) is 2.87. The van der Waals surface area contributed by atoms with Crippen molar-refractivity contribution in [1.29, 1.82) is 0 Å². The number of amides is 1. The van der Waals surface area contributed by atoms with Crippen LogP contribution in [0.4, 0.5) is 4.39 Å². The van der Waals surface area contributed by atoms with Gasteiger partial charge in [-0.2, -0.15) is 0 Å². The zero-order valence-electron chi connectivity index (χ0n) is 12.9. The van der Waals surface area contributed by atoms with Gasteiger partial charge in [-0.25, -0.2) is 4.39 Å². The molecule has 22 heavy (non-hydrogen) atoms. The average Bonchev–Trinajstić information content (AvgIpc) is 2.54. The van der Waals surface area contributed by atoms with Gasteiger partial charge in [-0.1, -0.05) is 0 Å². The lowest BCUT2D eigenvalue weighted by atomic mass is 10.3. The molecule has 1 aromatic carbocycles. The van der Waals surface area contributed by atoms with E-state index in [0.717, 1.165) is 39.3 Å². The van der Waals surface area contributed by atoms with Crippen molar-refractivity contribution >= 4 is 5.91 Å². The summed E-state index contributed by atoms with van der Waals surface area (Å²) in [5.74, 6) is 0.0122. The van der Waals surface area contributed by atoms with Crippen molar-refractivity contribution in [2.75, 3.05) is 39.4 Å². The molecule has 0 unspecified atom stereocenters. The monoisotopic (exact) mass is 311 g/mol.